The molecule has 0 aliphatic carbocycles. The molecule has 0 bridgehead atoms. The van der Waals surface area contributed by atoms with Gasteiger partial charge in [0.05, 0.1) is 0 Å². The van der Waals surface area contributed by atoms with Gasteiger partial charge < -0.3 is 4.42 Å². The maximum atomic E-state index is 5.27. The molecule has 72 valence electrons. The normalized spacial score (nSPS) is 10.2. The van der Waals surface area contributed by atoms with Gasteiger partial charge in [-0.15, -0.1) is 10.2 Å². The van der Waals surface area contributed by atoms with Crippen molar-refractivity contribution in [3.8, 4) is 0 Å². The second-order valence-electron chi connectivity index (χ2n) is 3.05. The fourth-order valence-corrected chi connectivity index (χ4v) is 1.15. The van der Waals surface area contributed by atoms with Crippen LogP contribution in [0.4, 0.5) is 0 Å². The fourth-order valence-electron chi connectivity index (χ4n) is 1.15. The molecule has 3 nitrogen and oxygen atoms in total. The van der Waals surface area contributed by atoms with Crippen molar-refractivity contribution in [1.82, 2.24) is 10.2 Å². The molecule has 1 aromatic heterocycles. The van der Waals surface area contributed by atoms with Crippen LogP contribution >= 0.6 is 0 Å². The molecule has 13 heavy (non-hydrogen) atoms. The first kappa shape index (κ1) is 9.96. The SMILES string of the molecule is C=Cc1nnc(CCCCCC)o1. The van der Waals surface area contributed by atoms with Crippen molar-refractivity contribution < 1.29 is 4.42 Å². The van der Waals surface area contributed by atoms with Crippen molar-refractivity contribution in [3.63, 3.8) is 0 Å². The first-order chi connectivity index (χ1) is 6.36. The lowest BCUT2D eigenvalue weighted by Gasteiger charge is -1.94. The van der Waals surface area contributed by atoms with E-state index < -0.39 is 0 Å². The van der Waals surface area contributed by atoms with E-state index in [0.717, 1.165) is 18.7 Å². The number of rotatable bonds is 6. The molecule has 0 saturated carbocycles. The van der Waals surface area contributed by atoms with E-state index in [4.69, 9.17) is 4.42 Å². The zero-order valence-corrected chi connectivity index (χ0v) is 8.12. The van der Waals surface area contributed by atoms with Crippen LogP contribution in [0, 0.1) is 0 Å². The van der Waals surface area contributed by atoms with Crippen molar-refractivity contribution in [2.75, 3.05) is 0 Å². The van der Waals surface area contributed by atoms with Crippen LogP contribution in [0.5, 0.6) is 0 Å². The zero-order chi connectivity index (χ0) is 9.52. The van der Waals surface area contributed by atoms with Crippen LogP contribution in [0.3, 0.4) is 0 Å². The summed E-state index contributed by atoms with van der Waals surface area (Å²) in [6, 6.07) is 0. The third-order valence-electron chi connectivity index (χ3n) is 1.90. The van der Waals surface area contributed by atoms with Crippen LogP contribution in [-0.4, -0.2) is 10.2 Å². The smallest absolute Gasteiger partial charge is 0.239 e. The van der Waals surface area contributed by atoms with Crippen molar-refractivity contribution >= 4 is 6.08 Å². The number of aromatic nitrogens is 2. The molecule has 0 N–H and O–H groups in total. The Labute approximate surface area is 78.9 Å². The van der Waals surface area contributed by atoms with Crippen LogP contribution in [-0.2, 0) is 6.42 Å². The molecule has 0 radical (unpaired) electrons. The Balaban J connectivity index is 2.24. The number of aryl methyl sites for hydroxylation is 1. The van der Waals surface area contributed by atoms with Gasteiger partial charge in [0.1, 0.15) is 0 Å². The molecule has 0 aromatic carbocycles. The van der Waals surface area contributed by atoms with E-state index in [0.29, 0.717) is 5.89 Å². The summed E-state index contributed by atoms with van der Waals surface area (Å²) in [6.45, 7) is 5.75. The highest BCUT2D eigenvalue weighted by Gasteiger charge is 2.01. The van der Waals surface area contributed by atoms with Crippen LogP contribution in [0.1, 0.15) is 44.4 Å². The average molecular weight is 180 g/mol. The van der Waals surface area contributed by atoms with Gasteiger partial charge in [-0.05, 0) is 12.5 Å². The summed E-state index contributed by atoms with van der Waals surface area (Å²) in [4.78, 5) is 0. The van der Waals surface area contributed by atoms with E-state index in [9.17, 15) is 0 Å². The first-order valence-corrected chi connectivity index (χ1v) is 4.81. The summed E-state index contributed by atoms with van der Waals surface area (Å²) >= 11 is 0. The topological polar surface area (TPSA) is 38.9 Å². The van der Waals surface area contributed by atoms with E-state index in [1.54, 1.807) is 6.08 Å². The van der Waals surface area contributed by atoms with Gasteiger partial charge in [-0.3, -0.25) is 0 Å². The summed E-state index contributed by atoms with van der Waals surface area (Å²) in [5, 5.41) is 7.70. The number of hydrogen-bond acceptors (Lipinski definition) is 3. The second kappa shape index (κ2) is 5.51. The molecular formula is C10H16N2O. The molecule has 0 unspecified atom stereocenters. The van der Waals surface area contributed by atoms with E-state index in [-0.39, 0.29) is 0 Å². The van der Waals surface area contributed by atoms with E-state index >= 15 is 0 Å². The summed E-state index contributed by atoms with van der Waals surface area (Å²) in [5.41, 5.74) is 0. The van der Waals surface area contributed by atoms with Crippen molar-refractivity contribution in [3.05, 3.63) is 18.4 Å². The van der Waals surface area contributed by atoms with Gasteiger partial charge in [0, 0.05) is 6.42 Å². The summed E-state index contributed by atoms with van der Waals surface area (Å²) in [7, 11) is 0. The maximum absolute atomic E-state index is 5.27. The van der Waals surface area contributed by atoms with E-state index in [1.807, 2.05) is 0 Å². The minimum atomic E-state index is 0.519. The molecular weight excluding hydrogens is 164 g/mol. The molecule has 1 rings (SSSR count). The van der Waals surface area contributed by atoms with Crippen LogP contribution in [0.25, 0.3) is 6.08 Å². The Morgan fingerprint density at radius 1 is 1.31 bits per heavy atom. The Hall–Kier alpha value is -1.12. The average Bonchev–Trinajstić information content (AvgIpc) is 2.60. The van der Waals surface area contributed by atoms with Crippen molar-refractivity contribution in [2.24, 2.45) is 0 Å². The third-order valence-corrected chi connectivity index (χ3v) is 1.90. The lowest BCUT2D eigenvalue weighted by molar-refractivity contribution is 0.472. The summed E-state index contributed by atoms with van der Waals surface area (Å²) in [5.74, 6) is 1.25. The quantitative estimate of drug-likeness (QED) is 0.632. The number of hydrogen-bond donors (Lipinski definition) is 0. The molecule has 0 spiro atoms. The van der Waals surface area contributed by atoms with Crippen LogP contribution in [0.2, 0.25) is 0 Å². The Bertz CT molecular complexity index is 255. The third kappa shape index (κ3) is 3.40. The van der Waals surface area contributed by atoms with Gasteiger partial charge in [0.15, 0.2) is 0 Å². The minimum Gasteiger partial charge on any atom is -0.421 e. The molecule has 1 aromatic rings. The molecule has 0 amide bonds. The first-order valence-electron chi connectivity index (χ1n) is 4.81. The Morgan fingerprint density at radius 2 is 2.15 bits per heavy atom. The Morgan fingerprint density at radius 3 is 2.77 bits per heavy atom. The molecule has 1 heterocycles. The molecule has 0 saturated heterocycles. The lowest BCUT2D eigenvalue weighted by atomic mass is 10.1. The van der Waals surface area contributed by atoms with Gasteiger partial charge in [-0.25, -0.2) is 0 Å². The van der Waals surface area contributed by atoms with Gasteiger partial charge in [0.2, 0.25) is 11.8 Å². The largest absolute Gasteiger partial charge is 0.421 e. The van der Waals surface area contributed by atoms with Gasteiger partial charge in [0.25, 0.3) is 0 Å². The van der Waals surface area contributed by atoms with Gasteiger partial charge >= 0.3 is 0 Å². The second-order valence-corrected chi connectivity index (χ2v) is 3.05. The lowest BCUT2D eigenvalue weighted by Crippen LogP contribution is -1.85. The minimum absolute atomic E-state index is 0.519. The molecule has 0 fully saturated rings. The fraction of sp³-hybridized carbons (Fsp3) is 0.600. The van der Waals surface area contributed by atoms with Gasteiger partial charge in [-0.2, -0.15) is 0 Å². The highest BCUT2D eigenvalue weighted by molar-refractivity contribution is 5.32. The van der Waals surface area contributed by atoms with Crippen molar-refractivity contribution in [2.45, 2.75) is 39.0 Å². The number of unbranched alkanes of at least 4 members (excludes halogenated alkanes) is 3. The molecule has 0 aliphatic heterocycles. The number of nitrogens with zero attached hydrogens (tertiary/aromatic N) is 2. The highest BCUT2D eigenvalue weighted by Crippen LogP contribution is 2.07. The highest BCUT2D eigenvalue weighted by atomic mass is 16.4. The molecule has 0 atom stereocenters. The monoisotopic (exact) mass is 180 g/mol. The Kier molecular flexibility index (Phi) is 4.23. The maximum Gasteiger partial charge on any atom is 0.239 e. The predicted molar refractivity (Wildman–Crippen MR) is 52.2 cm³/mol. The molecule has 3 heteroatoms. The van der Waals surface area contributed by atoms with Crippen molar-refractivity contribution in [1.29, 1.82) is 0 Å². The van der Waals surface area contributed by atoms with Gasteiger partial charge in [-0.1, -0.05) is 32.8 Å². The summed E-state index contributed by atoms with van der Waals surface area (Å²) < 4.78 is 5.27. The molecule has 0 aliphatic rings. The predicted octanol–water partition coefficient (Wildman–Crippen LogP) is 2.84. The van der Waals surface area contributed by atoms with Crippen LogP contribution in [0.15, 0.2) is 11.0 Å². The zero-order valence-electron chi connectivity index (χ0n) is 8.12. The van der Waals surface area contributed by atoms with Crippen LogP contribution < -0.4 is 0 Å². The van der Waals surface area contributed by atoms with E-state index in [2.05, 4.69) is 23.7 Å². The summed E-state index contributed by atoms with van der Waals surface area (Å²) in [6.07, 6.45) is 7.36. The van der Waals surface area contributed by atoms with E-state index in [1.165, 1.54) is 19.3 Å². The standard InChI is InChI=1S/C10H16N2O/c1-3-5-6-7-8-10-12-11-9(4-2)13-10/h4H,2-3,5-8H2,1H3.